The number of nitrogens with zero attached hydrogens (tertiary/aromatic N) is 1. The second kappa shape index (κ2) is 3.59. The molecule has 0 aromatic heterocycles. The fourth-order valence-electron chi connectivity index (χ4n) is 0.745. The number of hydrogen-bond donors (Lipinski definition) is 0. The van der Waals surface area contributed by atoms with E-state index in [0.717, 1.165) is 5.76 Å². The average molecular weight is 241 g/mol. The molecule has 0 saturated carbocycles. The molecule has 1 aliphatic heterocycles. The first-order valence-electron chi connectivity index (χ1n) is 3.13. The van der Waals surface area contributed by atoms with Gasteiger partial charge in [0.1, 0.15) is 7.05 Å². The van der Waals surface area contributed by atoms with Crippen molar-refractivity contribution in [2.45, 2.75) is 19.4 Å². The minimum absolute atomic E-state index is 0. The highest BCUT2D eigenvalue weighted by Gasteiger charge is 2.39. The Kier molecular flexibility index (Phi) is 3.58. The van der Waals surface area contributed by atoms with Gasteiger partial charge in [-0.2, -0.15) is 4.58 Å². The quantitative estimate of drug-likeness (QED) is 0.472. The van der Waals surface area contributed by atoms with E-state index in [0.29, 0.717) is 0 Å². The molecule has 0 bridgehead atoms. The molecular weight excluding hydrogens is 229 g/mol. The van der Waals surface area contributed by atoms with Gasteiger partial charge in [-0.05, 0) is 0 Å². The van der Waals surface area contributed by atoms with Gasteiger partial charge in [0, 0.05) is 13.8 Å². The minimum Gasteiger partial charge on any atom is -1.00 e. The maximum absolute atomic E-state index is 5.52. The molecule has 11 heavy (non-hydrogen) atoms. The normalized spacial score (nSPS) is 24.0. The highest BCUT2D eigenvalue weighted by molar-refractivity contribution is 6.25. The summed E-state index contributed by atoms with van der Waals surface area (Å²) in [7, 11) is 1.95. The Balaban J connectivity index is 0.000001000. The van der Waals surface area contributed by atoms with Crippen LogP contribution in [-0.4, -0.2) is 23.6 Å². The number of rotatable bonds is 0. The van der Waals surface area contributed by atoms with Gasteiger partial charge >= 0.3 is 6.40 Å². The van der Waals surface area contributed by atoms with Crippen LogP contribution < -0.4 is 17.0 Å². The van der Waals surface area contributed by atoms with Crippen LogP contribution in [0.1, 0.15) is 13.8 Å². The molecule has 0 radical (unpaired) electrons. The highest BCUT2D eigenvalue weighted by atomic mass is 79.9. The Hall–Kier alpha value is -0.0200. The van der Waals surface area contributed by atoms with Gasteiger partial charge in [0.25, 0.3) is 0 Å². The van der Waals surface area contributed by atoms with E-state index in [1.54, 1.807) is 6.40 Å². The first-order chi connectivity index (χ1) is 4.59. The molecule has 0 aromatic rings. The van der Waals surface area contributed by atoms with E-state index >= 15 is 0 Å². The largest absolute Gasteiger partial charge is 1.00 e. The molecular formula is C7H11BrClNO. The van der Waals surface area contributed by atoms with Gasteiger partial charge in [0.05, 0.1) is 5.54 Å². The molecule has 0 unspecified atom stereocenters. The second-order valence-corrected chi connectivity index (χ2v) is 3.08. The van der Waals surface area contributed by atoms with Gasteiger partial charge in [-0.1, -0.05) is 11.6 Å². The van der Waals surface area contributed by atoms with Crippen LogP contribution in [0.15, 0.2) is 11.3 Å². The smallest absolute Gasteiger partial charge is 0.329 e. The van der Waals surface area contributed by atoms with Crippen LogP contribution in [0.25, 0.3) is 0 Å². The summed E-state index contributed by atoms with van der Waals surface area (Å²) < 4.78 is 7.13. The number of hydrogen-bond acceptors (Lipinski definition) is 1. The van der Waals surface area contributed by atoms with Crippen LogP contribution >= 0.6 is 11.6 Å². The fourth-order valence-corrected chi connectivity index (χ4v) is 1.06. The van der Waals surface area contributed by atoms with Crippen molar-refractivity contribution in [2.75, 3.05) is 7.05 Å². The lowest BCUT2D eigenvalue weighted by Crippen LogP contribution is -3.00. The van der Waals surface area contributed by atoms with Crippen molar-refractivity contribution in [1.82, 2.24) is 0 Å². The first-order valence-corrected chi connectivity index (χ1v) is 3.56. The van der Waals surface area contributed by atoms with Gasteiger partial charge in [0.15, 0.2) is 5.76 Å². The summed E-state index contributed by atoms with van der Waals surface area (Å²) in [4.78, 5) is 0. The maximum atomic E-state index is 5.52. The molecule has 1 aliphatic rings. The van der Waals surface area contributed by atoms with Crippen LogP contribution in [0, 0.1) is 0 Å². The topological polar surface area (TPSA) is 12.2 Å². The summed E-state index contributed by atoms with van der Waals surface area (Å²) in [6.07, 6.45) is 1.66. The monoisotopic (exact) mass is 239 g/mol. The fraction of sp³-hybridized carbons (Fsp3) is 0.571. The molecule has 0 aromatic carbocycles. The third-order valence-electron chi connectivity index (χ3n) is 1.92. The SMILES string of the molecule is C[N+]1=COC(=CCl)C1(C)C.[Br-]. The van der Waals surface area contributed by atoms with E-state index in [2.05, 4.69) is 0 Å². The number of likely N-dealkylation sites (N-methyl/N-ethyl adjacent to an activating group) is 1. The molecule has 0 amide bonds. The van der Waals surface area contributed by atoms with Crippen molar-refractivity contribution in [3.8, 4) is 0 Å². The van der Waals surface area contributed by atoms with Gasteiger partial charge < -0.3 is 21.7 Å². The number of halogens is 2. The van der Waals surface area contributed by atoms with Gasteiger partial charge in [-0.25, -0.2) is 0 Å². The molecule has 0 saturated heterocycles. The van der Waals surface area contributed by atoms with Crippen LogP contribution in [0.5, 0.6) is 0 Å². The van der Waals surface area contributed by atoms with E-state index in [1.165, 1.54) is 5.54 Å². The Bertz CT molecular complexity index is 210. The summed E-state index contributed by atoms with van der Waals surface area (Å²) in [6.45, 7) is 4.09. The van der Waals surface area contributed by atoms with E-state index in [1.807, 2.05) is 25.5 Å². The van der Waals surface area contributed by atoms with Crippen LogP contribution in [0.2, 0.25) is 0 Å². The third kappa shape index (κ3) is 1.76. The highest BCUT2D eigenvalue weighted by Crippen LogP contribution is 2.24. The summed E-state index contributed by atoms with van der Waals surface area (Å²) in [6, 6.07) is 0. The zero-order valence-corrected chi connectivity index (χ0v) is 9.11. The predicted molar refractivity (Wildman–Crippen MR) is 41.3 cm³/mol. The first kappa shape index (κ1) is 11.0. The standard InChI is InChI=1S/C7H11ClNO.BrH/c1-7(2)6(4-8)10-5-9(7)3;/h4-5H,1-3H3;1H/q+1;/p-1. The molecule has 64 valence electrons. The van der Waals surface area contributed by atoms with Crippen molar-refractivity contribution in [1.29, 1.82) is 0 Å². The second-order valence-electron chi connectivity index (χ2n) is 2.87. The summed E-state index contributed by atoms with van der Waals surface area (Å²) in [5.41, 5.74) is 1.38. The molecule has 1 rings (SSSR count). The Morgan fingerprint density at radius 1 is 1.64 bits per heavy atom. The lowest BCUT2D eigenvalue weighted by atomic mass is 10.0. The van der Waals surface area contributed by atoms with Crippen molar-refractivity contribution < 1.29 is 26.3 Å². The molecule has 0 atom stereocenters. The van der Waals surface area contributed by atoms with Crippen LogP contribution in [0.4, 0.5) is 0 Å². The van der Waals surface area contributed by atoms with Crippen molar-refractivity contribution in [3.05, 3.63) is 11.3 Å². The van der Waals surface area contributed by atoms with Crippen molar-refractivity contribution in [2.24, 2.45) is 0 Å². The van der Waals surface area contributed by atoms with Crippen LogP contribution in [-0.2, 0) is 4.74 Å². The molecule has 2 nitrogen and oxygen atoms in total. The average Bonchev–Trinajstić information content (AvgIpc) is 2.10. The van der Waals surface area contributed by atoms with Gasteiger partial charge in [-0.3, -0.25) is 0 Å². The van der Waals surface area contributed by atoms with E-state index in [4.69, 9.17) is 16.3 Å². The lowest BCUT2D eigenvalue weighted by Gasteiger charge is -2.11. The van der Waals surface area contributed by atoms with Crippen molar-refractivity contribution in [3.63, 3.8) is 0 Å². The number of ether oxygens (including phenoxy) is 1. The summed E-state index contributed by atoms with van der Waals surface area (Å²) in [5, 5.41) is 0. The molecule has 0 fully saturated rings. The maximum Gasteiger partial charge on any atom is 0.329 e. The van der Waals surface area contributed by atoms with E-state index in [9.17, 15) is 0 Å². The zero-order chi connectivity index (χ0) is 7.78. The lowest BCUT2D eigenvalue weighted by molar-refractivity contribution is -0.553. The minimum atomic E-state index is -0.0955. The Morgan fingerprint density at radius 3 is 2.36 bits per heavy atom. The van der Waals surface area contributed by atoms with Crippen molar-refractivity contribution >= 4 is 18.0 Å². The van der Waals surface area contributed by atoms with Crippen LogP contribution in [0.3, 0.4) is 0 Å². The summed E-state index contributed by atoms with van der Waals surface area (Å²) in [5.74, 6) is 0.789. The summed E-state index contributed by atoms with van der Waals surface area (Å²) >= 11 is 5.52. The van der Waals surface area contributed by atoms with E-state index in [-0.39, 0.29) is 22.5 Å². The van der Waals surface area contributed by atoms with Gasteiger partial charge in [0.2, 0.25) is 5.54 Å². The third-order valence-corrected chi connectivity index (χ3v) is 2.12. The molecule has 0 spiro atoms. The van der Waals surface area contributed by atoms with Gasteiger partial charge in [-0.15, -0.1) is 0 Å². The Labute approximate surface area is 82.3 Å². The molecule has 0 aliphatic carbocycles. The Morgan fingerprint density at radius 2 is 2.18 bits per heavy atom. The molecule has 0 N–H and O–H groups in total. The molecule has 1 heterocycles. The van der Waals surface area contributed by atoms with E-state index < -0.39 is 0 Å². The zero-order valence-electron chi connectivity index (χ0n) is 6.77. The predicted octanol–water partition coefficient (Wildman–Crippen LogP) is -1.45. The molecule has 4 heteroatoms.